The number of hydrogen-bond acceptors (Lipinski definition) is 16. The number of aliphatic hydroxyl groups is 8. The summed E-state index contributed by atoms with van der Waals surface area (Å²) in [5.74, 6) is 0.370. The summed E-state index contributed by atoms with van der Waals surface area (Å²) in [5.41, 5.74) is 1.59. The van der Waals surface area contributed by atoms with E-state index in [1.807, 2.05) is 0 Å². The van der Waals surface area contributed by atoms with E-state index in [4.69, 9.17) is 33.2 Å². The molecular formula is C32H44O16. The molecule has 48 heavy (non-hydrogen) atoms. The summed E-state index contributed by atoms with van der Waals surface area (Å²) < 4.78 is 39.5. The molecular weight excluding hydrogens is 640 g/mol. The molecule has 3 aliphatic heterocycles. The van der Waals surface area contributed by atoms with E-state index >= 15 is 0 Å². The predicted molar refractivity (Wildman–Crippen MR) is 161 cm³/mol. The van der Waals surface area contributed by atoms with Crippen LogP contribution in [-0.4, -0.2) is 148 Å². The van der Waals surface area contributed by atoms with E-state index in [1.165, 1.54) is 14.2 Å². The topological polar surface area (TPSA) is 247 Å². The van der Waals surface area contributed by atoms with Crippen LogP contribution in [-0.2, 0) is 25.4 Å². The van der Waals surface area contributed by atoms with Crippen LogP contribution < -0.4 is 14.2 Å². The molecule has 3 saturated heterocycles. The van der Waals surface area contributed by atoms with E-state index in [2.05, 4.69) is 0 Å². The summed E-state index contributed by atoms with van der Waals surface area (Å²) >= 11 is 0. The molecule has 0 aromatic heterocycles. The third kappa shape index (κ3) is 7.35. The first-order valence-electron chi connectivity index (χ1n) is 15.6. The number of aromatic hydroxyl groups is 1. The summed E-state index contributed by atoms with van der Waals surface area (Å²) in [6.07, 6.45) is -16.0. The Hall–Kier alpha value is -2.84. The van der Waals surface area contributed by atoms with Gasteiger partial charge in [-0.2, -0.15) is 0 Å². The third-order valence-corrected chi connectivity index (χ3v) is 9.16. The Morgan fingerprint density at radius 1 is 0.708 bits per heavy atom. The van der Waals surface area contributed by atoms with E-state index in [9.17, 15) is 46.0 Å². The molecule has 16 heteroatoms. The van der Waals surface area contributed by atoms with Crippen LogP contribution >= 0.6 is 0 Å². The zero-order valence-electron chi connectivity index (χ0n) is 26.4. The average molecular weight is 685 g/mol. The lowest BCUT2D eigenvalue weighted by Crippen LogP contribution is -2.65. The van der Waals surface area contributed by atoms with Gasteiger partial charge in [-0.05, 0) is 47.7 Å². The molecule has 0 bridgehead atoms. The second-order valence-electron chi connectivity index (χ2n) is 12.1. The van der Waals surface area contributed by atoms with Crippen LogP contribution in [0.15, 0.2) is 36.4 Å². The lowest BCUT2D eigenvalue weighted by Gasteiger charge is -2.45. The Kier molecular flexibility index (Phi) is 12.0. The molecule has 3 heterocycles. The molecule has 9 N–H and O–H groups in total. The highest BCUT2D eigenvalue weighted by atomic mass is 16.7. The first kappa shape index (κ1) is 36.4. The summed E-state index contributed by atoms with van der Waals surface area (Å²) in [6, 6.07) is 9.99. The molecule has 2 aromatic carbocycles. The number of rotatable bonds is 12. The van der Waals surface area contributed by atoms with Gasteiger partial charge in [0.2, 0.25) is 6.29 Å². The molecule has 16 nitrogen and oxygen atoms in total. The molecule has 0 amide bonds. The maximum atomic E-state index is 11.2. The molecule has 0 unspecified atom stereocenters. The highest BCUT2D eigenvalue weighted by Gasteiger charge is 2.51. The number of phenols is 1. The number of ether oxygens (including phenoxy) is 7. The third-order valence-electron chi connectivity index (χ3n) is 9.16. The van der Waals surface area contributed by atoms with Crippen LogP contribution in [0, 0.1) is 11.8 Å². The zero-order valence-corrected chi connectivity index (χ0v) is 26.4. The van der Waals surface area contributed by atoms with Crippen molar-refractivity contribution < 1.29 is 79.1 Å². The number of aliphatic hydroxyl groups excluding tert-OH is 8. The highest BCUT2D eigenvalue weighted by Crippen LogP contribution is 2.43. The minimum absolute atomic E-state index is 0.0287. The van der Waals surface area contributed by atoms with E-state index < -0.39 is 80.7 Å². The fourth-order valence-corrected chi connectivity index (χ4v) is 6.40. The average Bonchev–Trinajstić information content (AvgIpc) is 3.50. The lowest BCUT2D eigenvalue weighted by molar-refractivity contribution is -0.352. The molecule has 268 valence electrons. The van der Waals surface area contributed by atoms with Crippen molar-refractivity contribution >= 4 is 0 Å². The van der Waals surface area contributed by atoms with Crippen LogP contribution in [0.3, 0.4) is 0 Å². The van der Waals surface area contributed by atoms with Gasteiger partial charge < -0.3 is 79.1 Å². The predicted octanol–water partition coefficient (Wildman–Crippen LogP) is -2.05. The normalized spacial score (nSPS) is 36.9. The first-order valence-corrected chi connectivity index (χ1v) is 15.6. The van der Waals surface area contributed by atoms with Gasteiger partial charge in [0.15, 0.2) is 29.3 Å². The van der Waals surface area contributed by atoms with Crippen LogP contribution in [0.4, 0.5) is 0 Å². The van der Waals surface area contributed by atoms with Crippen molar-refractivity contribution in [3.05, 3.63) is 47.5 Å². The molecule has 5 rings (SSSR count). The smallest absolute Gasteiger partial charge is 0.229 e. The monoisotopic (exact) mass is 684 g/mol. The second kappa shape index (κ2) is 15.8. The van der Waals surface area contributed by atoms with Gasteiger partial charge in [-0.15, -0.1) is 0 Å². The molecule has 3 aliphatic rings. The fourth-order valence-electron chi connectivity index (χ4n) is 6.40. The van der Waals surface area contributed by atoms with Crippen LogP contribution in [0.1, 0.15) is 17.2 Å². The van der Waals surface area contributed by atoms with Crippen molar-refractivity contribution in [2.75, 3.05) is 40.6 Å². The summed E-state index contributed by atoms with van der Waals surface area (Å²) in [5, 5.41) is 92.2. The molecule has 0 radical (unpaired) electrons. The van der Waals surface area contributed by atoms with Gasteiger partial charge in [-0.1, -0.05) is 12.1 Å². The minimum atomic E-state index is -1.81. The van der Waals surface area contributed by atoms with Crippen LogP contribution in [0.5, 0.6) is 23.0 Å². The van der Waals surface area contributed by atoms with E-state index in [-0.39, 0.29) is 35.7 Å². The maximum Gasteiger partial charge on any atom is 0.229 e. The van der Waals surface area contributed by atoms with Gasteiger partial charge >= 0.3 is 0 Å². The van der Waals surface area contributed by atoms with Gasteiger partial charge in [0.25, 0.3) is 0 Å². The van der Waals surface area contributed by atoms with Crippen molar-refractivity contribution in [3.63, 3.8) is 0 Å². The molecule has 0 spiro atoms. The largest absolute Gasteiger partial charge is 0.504 e. The van der Waals surface area contributed by atoms with Gasteiger partial charge in [0, 0.05) is 12.5 Å². The van der Waals surface area contributed by atoms with Gasteiger partial charge in [0.1, 0.15) is 48.8 Å². The number of phenolic OH excluding ortho intramolecular Hbond substituents is 1. The Bertz CT molecular complexity index is 1340. The zero-order chi connectivity index (χ0) is 34.7. The molecule has 0 saturated carbocycles. The molecule has 0 aliphatic carbocycles. The maximum absolute atomic E-state index is 11.2. The molecule has 3 fully saturated rings. The van der Waals surface area contributed by atoms with Crippen molar-refractivity contribution in [3.8, 4) is 23.0 Å². The Morgan fingerprint density at radius 3 is 2.06 bits per heavy atom. The van der Waals surface area contributed by atoms with Crippen molar-refractivity contribution in [1.82, 2.24) is 0 Å². The number of hydrogen-bond donors (Lipinski definition) is 9. The van der Waals surface area contributed by atoms with Gasteiger partial charge in [-0.25, -0.2) is 0 Å². The Balaban J connectivity index is 1.30. The van der Waals surface area contributed by atoms with E-state index in [0.29, 0.717) is 24.3 Å². The van der Waals surface area contributed by atoms with Crippen molar-refractivity contribution in [2.24, 2.45) is 11.8 Å². The summed E-state index contributed by atoms with van der Waals surface area (Å²) in [4.78, 5) is 0. The van der Waals surface area contributed by atoms with Crippen LogP contribution in [0.25, 0.3) is 0 Å². The van der Waals surface area contributed by atoms with E-state index in [0.717, 1.165) is 5.56 Å². The highest BCUT2D eigenvalue weighted by molar-refractivity contribution is 5.44. The molecule has 2 aromatic rings. The van der Waals surface area contributed by atoms with Gasteiger partial charge in [0.05, 0.1) is 40.1 Å². The van der Waals surface area contributed by atoms with Crippen molar-refractivity contribution in [1.29, 1.82) is 0 Å². The standard InChI is InChI=1S/C32H44O16/c1-42-20-8-14(3-5-18(20)36)7-16-13-44-29(17(16)10-33)15-4-6-19(21(9-15)43-2)45-32-28(41)30(25(38)23(12-35)47-32)48-31-27(40)26(39)24(37)22(11-34)46-31/h3-6,8-9,16-17,22-41H,7,10-13H2,1-2H3/t16-,17-,22-,23-,24+,25+,26+,27+,28-,29+,30-,31-,32+/m0/s1. The fraction of sp³-hybridized carbons (Fsp3) is 0.625. The molecule has 13 atom stereocenters. The number of benzene rings is 2. The lowest BCUT2D eigenvalue weighted by atomic mass is 9.84. The first-order chi connectivity index (χ1) is 23.0. The Morgan fingerprint density at radius 2 is 1.40 bits per heavy atom. The van der Waals surface area contributed by atoms with Gasteiger partial charge in [-0.3, -0.25) is 0 Å². The SMILES string of the molecule is COc1cc(C[C@H]2CO[C@H](c3ccc(O[C@@H]4O[C@@H](CO)[C@@H](O)[C@H](O[C@@H]5O[C@@H](CO)[C@@H](O)[C@@H](O)[C@H]5O)[C@@H]4O)c(OC)c3)[C@H]2CO)ccc1O. The van der Waals surface area contributed by atoms with Crippen LogP contribution in [0.2, 0.25) is 0 Å². The Labute approximate surface area is 276 Å². The quantitative estimate of drug-likeness (QED) is 0.117. The van der Waals surface area contributed by atoms with E-state index in [1.54, 1.807) is 36.4 Å². The summed E-state index contributed by atoms with van der Waals surface area (Å²) in [6.45, 7) is -1.22. The summed E-state index contributed by atoms with van der Waals surface area (Å²) in [7, 11) is 2.87. The number of methoxy groups -OCH3 is 2. The second-order valence-corrected chi connectivity index (χ2v) is 12.1. The van der Waals surface area contributed by atoms with Crippen molar-refractivity contribution in [2.45, 2.75) is 73.9 Å². The minimum Gasteiger partial charge on any atom is -0.504 e.